The van der Waals surface area contributed by atoms with E-state index in [0.717, 1.165) is 21.2 Å². The zero-order chi connectivity index (χ0) is 30.9. The summed E-state index contributed by atoms with van der Waals surface area (Å²) in [5, 5.41) is 3.47. The van der Waals surface area contributed by atoms with Crippen LogP contribution in [0.1, 0.15) is 39.7 Å². The molecule has 0 unspecified atom stereocenters. The van der Waals surface area contributed by atoms with E-state index in [1.54, 1.807) is 67.6 Å². The molecule has 2 amide bonds. The fraction of sp³-hybridized carbons (Fsp3) is 0.355. The monoisotopic (exact) mass is 631 g/mol. The highest BCUT2D eigenvalue weighted by atomic mass is 35.5. The van der Waals surface area contributed by atoms with Gasteiger partial charge in [0.25, 0.3) is 10.0 Å². The van der Waals surface area contributed by atoms with Crippen molar-refractivity contribution < 1.29 is 22.7 Å². The van der Waals surface area contributed by atoms with Gasteiger partial charge in [-0.2, -0.15) is 0 Å². The molecular formula is C31H38ClN3O5S2. The molecule has 1 N–H and O–H groups in total. The summed E-state index contributed by atoms with van der Waals surface area (Å²) in [4.78, 5) is 29.6. The highest BCUT2D eigenvalue weighted by molar-refractivity contribution is 7.98. The second kappa shape index (κ2) is 15.3. The minimum atomic E-state index is -4.16. The molecule has 8 nitrogen and oxygen atoms in total. The predicted molar refractivity (Wildman–Crippen MR) is 170 cm³/mol. The Hall–Kier alpha value is -3.21. The summed E-state index contributed by atoms with van der Waals surface area (Å²) in [6, 6.07) is 19.1. The van der Waals surface area contributed by atoms with Crippen molar-refractivity contribution in [3.8, 4) is 5.75 Å². The van der Waals surface area contributed by atoms with Crippen LogP contribution in [-0.4, -0.2) is 56.6 Å². The topological polar surface area (TPSA) is 96.0 Å². The van der Waals surface area contributed by atoms with E-state index in [1.165, 1.54) is 28.8 Å². The van der Waals surface area contributed by atoms with Crippen LogP contribution in [0.2, 0.25) is 5.02 Å². The molecule has 0 saturated carbocycles. The van der Waals surface area contributed by atoms with Gasteiger partial charge in [0, 0.05) is 22.5 Å². The van der Waals surface area contributed by atoms with Gasteiger partial charge >= 0.3 is 0 Å². The van der Waals surface area contributed by atoms with Crippen LogP contribution in [0.3, 0.4) is 0 Å². The molecule has 3 aromatic carbocycles. The fourth-order valence-corrected chi connectivity index (χ4v) is 6.06. The normalized spacial score (nSPS) is 12.7. The number of carbonyl (C=O) groups is 2. The molecule has 0 aliphatic heterocycles. The SMILES string of the molecule is CCOc1ccc(N(CC(=O)N(Cc2ccc(Cl)cc2)[C@@H](C)C(=O)N[C@H](C)CC)S(=O)(=O)c2ccc(SC)cc2)cc1. The number of hydrogen-bond donors (Lipinski definition) is 1. The fourth-order valence-electron chi connectivity index (χ4n) is 4.11. The zero-order valence-electron chi connectivity index (χ0n) is 24.5. The van der Waals surface area contributed by atoms with Crippen LogP contribution in [0.15, 0.2) is 82.6 Å². The Morgan fingerprint density at radius 1 is 0.952 bits per heavy atom. The molecule has 3 aromatic rings. The molecule has 42 heavy (non-hydrogen) atoms. The van der Waals surface area contributed by atoms with Crippen molar-refractivity contribution in [1.82, 2.24) is 10.2 Å². The summed E-state index contributed by atoms with van der Waals surface area (Å²) in [7, 11) is -4.16. The molecule has 11 heteroatoms. The molecule has 0 bridgehead atoms. The quantitative estimate of drug-likeness (QED) is 0.220. The Morgan fingerprint density at radius 2 is 1.57 bits per heavy atom. The molecule has 0 spiro atoms. The first-order chi connectivity index (χ1) is 20.0. The predicted octanol–water partition coefficient (Wildman–Crippen LogP) is 5.99. The van der Waals surface area contributed by atoms with Crippen molar-refractivity contribution in [2.24, 2.45) is 0 Å². The highest BCUT2D eigenvalue weighted by Gasteiger charge is 2.33. The maximum atomic E-state index is 14.0. The number of sulfonamides is 1. The molecule has 3 rings (SSSR count). The van der Waals surface area contributed by atoms with Crippen molar-refractivity contribution in [1.29, 1.82) is 0 Å². The Morgan fingerprint density at radius 3 is 2.12 bits per heavy atom. The lowest BCUT2D eigenvalue weighted by Crippen LogP contribution is -2.52. The number of amides is 2. The molecule has 226 valence electrons. The van der Waals surface area contributed by atoms with E-state index < -0.39 is 28.5 Å². The third kappa shape index (κ3) is 8.65. The number of hydrogen-bond acceptors (Lipinski definition) is 6. The summed E-state index contributed by atoms with van der Waals surface area (Å²) < 4.78 is 34.6. The van der Waals surface area contributed by atoms with Gasteiger partial charge in [-0.1, -0.05) is 30.7 Å². The van der Waals surface area contributed by atoms with Crippen molar-refractivity contribution in [3.05, 3.63) is 83.4 Å². The maximum absolute atomic E-state index is 14.0. The third-order valence-corrected chi connectivity index (χ3v) is 9.58. The molecule has 0 aliphatic rings. The van der Waals surface area contributed by atoms with Gasteiger partial charge < -0.3 is 15.0 Å². The third-order valence-electron chi connectivity index (χ3n) is 6.80. The minimum Gasteiger partial charge on any atom is -0.494 e. The number of carbonyl (C=O) groups excluding carboxylic acids is 2. The average molecular weight is 632 g/mol. The zero-order valence-corrected chi connectivity index (χ0v) is 26.9. The van der Waals surface area contributed by atoms with Crippen LogP contribution in [0, 0.1) is 0 Å². The van der Waals surface area contributed by atoms with Gasteiger partial charge in [-0.05, 0) is 99.7 Å². The van der Waals surface area contributed by atoms with Gasteiger partial charge in [0.2, 0.25) is 11.8 Å². The molecule has 0 radical (unpaired) electrons. The van der Waals surface area contributed by atoms with Gasteiger partial charge in [-0.25, -0.2) is 8.42 Å². The lowest BCUT2D eigenvalue weighted by Gasteiger charge is -2.32. The number of ether oxygens (including phenoxy) is 1. The van der Waals surface area contributed by atoms with Crippen LogP contribution in [0.5, 0.6) is 5.75 Å². The van der Waals surface area contributed by atoms with E-state index in [2.05, 4.69) is 5.32 Å². The Balaban J connectivity index is 2.03. The molecule has 0 heterocycles. The summed E-state index contributed by atoms with van der Waals surface area (Å²) in [5.41, 5.74) is 1.04. The first-order valence-corrected chi connectivity index (χ1v) is 16.8. The van der Waals surface area contributed by atoms with E-state index in [4.69, 9.17) is 16.3 Å². The lowest BCUT2D eigenvalue weighted by molar-refractivity contribution is -0.139. The van der Waals surface area contributed by atoms with Crippen molar-refractivity contribution >= 4 is 50.9 Å². The summed E-state index contributed by atoms with van der Waals surface area (Å²) in [6.45, 7) is 7.37. The molecule has 0 aliphatic carbocycles. The standard InChI is InChI=1S/C31H38ClN3O5S2/c1-6-22(3)33-31(37)23(4)34(20-24-8-10-25(32)11-9-24)30(36)21-35(26-12-14-27(15-13-26)40-7-2)42(38,39)29-18-16-28(41-5)17-19-29/h8-19,22-23H,6-7,20-21H2,1-5H3,(H,33,37)/t22-,23+/m1/s1. The summed E-state index contributed by atoms with van der Waals surface area (Å²) in [6.07, 6.45) is 2.63. The van der Waals surface area contributed by atoms with Crippen LogP contribution < -0.4 is 14.4 Å². The lowest BCUT2D eigenvalue weighted by atomic mass is 10.1. The average Bonchev–Trinajstić information content (AvgIpc) is 2.99. The van der Waals surface area contributed by atoms with Crippen LogP contribution in [0.4, 0.5) is 5.69 Å². The second-order valence-electron chi connectivity index (χ2n) is 9.76. The van der Waals surface area contributed by atoms with E-state index in [1.807, 2.05) is 27.0 Å². The minimum absolute atomic E-state index is 0.0498. The number of nitrogens with zero attached hydrogens (tertiary/aromatic N) is 2. The van der Waals surface area contributed by atoms with Crippen molar-refractivity contribution in [2.75, 3.05) is 23.7 Å². The Kier molecular flexibility index (Phi) is 12.1. The smallest absolute Gasteiger partial charge is 0.264 e. The molecule has 0 aromatic heterocycles. The molecule has 0 saturated heterocycles. The van der Waals surface area contributed by atoms with Crippen molar-refractivity contribution in [3.63, 3.8) is 0 Å². The van der Waals surface area contributed by atoms with Crippen LogP contribution in [0.25, 0.3) is 0 Å². The molecule has 0 fully saturated rings. The van der Waals surface area contributed by atoms with E-state index >= 15 is 0 Å². The van der Waals surface area contributed by atoms with Crippen molar-refractivity contribution in [2.45, 2.75) is 62.5 Å². The summed E-state index contributed by atoms with van der Waals surface area (Å²) in [5.74, 6) is -0.279. The van der Waals surface area contributed by atoms with Gasteiger partial charge in [0.05, 0.1) is 17.2 Å². The van der Waals surface area contributed by atoms with Gasteiger partial charge in [-0.15, -0.1) is 11.8 Å². The van der Waals surface area contributed by atoms with E-state index in [0.29, 0.717) is 23.1 Å². The molecular weight excluding hydrogens is 594 g/mol. The van der Waals surface area contributed by atoms with Gasteiger partial charge in [-0.3, -0.25) is 13.9 Å². The number of benzene rings is 3. The number of rotatable bonds is 14. The number of nitrogens with one attached hydrogen (secondary N) is 1. The van der Waals surface area contributed by atoms with Crippen LogP contribution in [-0.2, 0) is 26.2 Å². The maximum Gasteiger partial charge on any atom is 0.264 e. The summed E-state index contributed by atoms with van der Waals surface area (Å²) >= 11 is 7.56. The number of anilines is 1. The van der Waals surface area contributed by atoms with E-state index in [9.17, 15) is 18.0 Å². The van der Waals surface area contributed by atoms with Gasteiger partial charge in [0.1, 0.15) is 18.3 Å². The van der Waals surface area contributed by atoms with Crippen LogP contribution >= 0.6 is 23.4 Å². The Labute approximate surface area is 258 Å². The second-order valence-corrected chi connectivity index (χ2v) is 12.9. The first kappa shape index (κ1) is 33.3. The first-order valence-electron chi connectivity index (χ1n) is 13.7. The highest BCUT2D eigenvalue weighted by Crippen LogP contribution is 2.28. The van der Waals surface area contributed by atoms with Gasteiger partial charge in [0.15, 0.2) is 0 Å². The van der Waals surface area contributed by atoms with E-state index in [-0.39, 0.29) is 23.4 Å². The number of thioether (sulfide) groups is 1. The molecule has 2 atom stereocenters. The largest absolute Gasteiger partial charge is 0.494 e. The Bertz CT molecular complexity index is 1430. The number of halogens is 1.